The third-order valence-electron chi connectivity index (χ3n) is 2.53. The lowest BCUT2D eigenvalue weighted by atomic mass is 10.2. The summed E-state index contributed by atoms with van der Waals surface area (Å²) in [4.78, 5) is 23.3. The van der Waals surface area contributed by atoms with Crippen LogP contribution in [0.5, 0.6) is 0 Å². The van der Waals surface area contributed by atoms with Crippen molar-refractivity contribution in [3.05, 3.63) is 23.1 Å². The number of hydrogen-bond acceptors (Lipinski definition) is 5. The molecule has 2 rings (SSSR count). The van der Waals surface area contributed by atoms with Gasteiger partial charge in [-0.3, -0.25) is 4.79 Å². The minimum Gasteiger partial charge on any atom is -0.462 e. The largest absolute Gasteiger partial charge is 0.462 e. The molecule has 0 radical (unpaired) electrons. The Bertz CT molecular complexity index is 649. The van der Waals surface area contributed by atoms with Gasteiger partial charge in [-0.05, 0) is 13.0 Å². The van der Waals surface area contributed by atoms with E-state index in [4.69, 9.17) is 10.5 Å². The molecule has 1 amide bonds. The van der Waals surface area contributed by atoms with Crippen molar-refractivity contribution in [3.8, 4) is 0 Å². The molecular formula is C13H14N2O3S. The van der Waals surface area contributed by atoms with Gasteiger partial charge >= 0.3 is 5.97 Å². The van der Waals surface area contributed by atoms with Crippen molar-refractivity contribution >= 4 is 44.7 Å². The first kappa shape index (κ1) is 13.4. The van der Waals surface area contributed by atoms with E-state index in [1.54, 1.807) is 19.1 Å². The summed E-state index contributed by atoms with van der Waals surface area (Å²) in [6.45, 7) is 3.47. The minimum absolute atomic E-state index is 0.169. The van der Waals surface area contributed by atoms with Gasteiger partial charge in [0.15, 0.2) is 0 Å². The van der Waals surface area contributed by atoms with Crippen LogP contribution >= 0.6 is 11.3 Å². The standard InChI is InChI=1S/C13H14N2O3S/c1-3-18-13(17)12-10(14)8-5-4-6-9(11(8)19-12)15-7(2)16/h4-6H,3,14H2,1-2H3,(H,15,16). The number of carbonyl (C=O) groups is 2. The fourth-order valence-electron chi connectivity index (χ4n) is 1.77. The van der Waals surface area contributed by atoms with Gasteiger partial charge in [0.25, 0.3) is 0 Å². The maximum Gasteiger partial charge on any atom is 0.350 e. The maximum absolute atomic E-state index is 11.8. The SMILES string of the molecule is CCOC(=O)c1sc2c(NC(C)=O)cccc2c1N. The molecule has 0 aliphatic rings. The summed E-state index contributed by atoms with van der Waals surface area (Å²) in [6, 6.07) is 5.37. The first-order chi connectivity index (χ1) is 9.04. The number of hydrogen-bond donors (Lipinski definition) is 2. The molecule has 1 aromatic carbocycles. The predicted molar refractivity (Wildman–Crippen MR) is 76.5 cm³/mol. The number of rotatable bonds is 3. The van der Waals surface area contributed by atoms with Crippen molar-refractivity contribution in [2.75, 3.05) is 17.7 Å². The molecule has 1 heterocycles. The fraction of sp³-hybridized carbons (Fsp3) is 0.231. The Labute approximate surface area is 114 Å². The van der Waals surface area contributed by atoms with E-state index in [1.807, 2.05) is 6.07 Å². The number of amides is 1. The Kier molecular flexibility index (Phi) is 3.71. The van der Waals surface area contributed by atoms with Gasteiger partial charge in [-0.1, -0.05) is 12.1 Å². The number of carbonyl (C=O) groups excluding carboxylic acids is 2. The molecule has 0 fully saturated rings. The van der Waals surface area contributed by atoms with E-state index in [1.165, 1.54) is 18.3 Å². The van der Waals surface area contributed by atoms with E-state index >= 15 is 0 Å². The quantitative estimate of drug-likeness (QED) is 0.846. The molecule has 6 heteroatoms. The number of nitrogens with two attached hydrogens (primary N) is 1. The van der Waals surface area contributed by atoms with E-state index in [-0.39, 0.29) is 5.91 Å². The van der Waals surface area contributed by atoms with Gasteiger partial charge in [0.05, 0.1) is 22.7 Å². The van der Waals surface area contributed by atoms with Crippen LogP contribution in [0.3, 0.4) is 0 Å². The topological polar surface area (TPSA) is 81.4 Å². The Morgan fingerprint density at radius 2 is 2.16 bits per heavy atom. The number of thiophene rings is 1. The molecule has 100 valence electrons. The van der Waals surface area contributed by atoms with Crippen molar-refractivity contribution in [2.24, 2.45) is 0 Å². The second-order valence-corrected chi connectivity index (χ2v) is 4.95. The molecule has 0 aliphatic heterocycles. The lowest BCUT2D eigenvalue weighted by Crippen LogP contribution is -2.05. The zero-order chi connectivity index (χ0) is 14.0. The molecule has 0 saturated carbocycles. The van der Waals surface area contributed by atoms with Crippen LogP contribution in [-0.4, -0.2) is 18.5 Å². The van der Waals surface area contributed by atoms with E-state index in [9.17, 15) is 9.59 Å². The summed E-state index contributed by atoms with van der Waals surface area (Å²) >= 11 is 1.23. The molecule has 0 atom stereocenters. The highest BCUT2D eigenvalue weighted by molar-refractivity contribution is 7.22. The average molecular weight is 278 g/mol. The van der Waals surface area contributed by atoms with Crippen LogP contribution in [0.1, 0.15) is 23.5 Å². The van der Waals surface area contributed by atoms with Crippen molar-refractivity contribution in [1.29, 1.82) is 0 Å². The van der Waals surface area contributed by atoms with Crippen LogP contribution in [0.2, 0.25) is 0 Å². The summed E-state index contributed by atoms with van der Waals surface area (Å²) in [6.07, 6.45) is 0. The summed E-state index contributed by atoms with van der Waals surface area (Å²) in [7, 11) is 0. The molecule has 0 spiro atoms. The Morgan fingerprint density at radius 3 is 2.79 bits per heavy atom. The highest BCUT2D eigenvalue weighted by Gasteiger charge is 2.19. The minimum atomic E-state index is -0.435. The summed E-state index contributed by atoms with van der Waals surface area (Å²) < 4.78 is 5.74. The van der Waals surface area contributed by atoms with Crippen LogP contribution in [0.25, 0.3) is 10.1 Å². The molecule has 5 nitrogen and oxygen atoms in total. The summed E-state index contributed by atoms with van der Waals surface area (Å²) in [5, 5.41) is 3.47. The molecule has 0 saturated heterocycles. The smallest absolute Gasteiger partial charge is 0.350 e. The second-order valence-electron chi connectivity index (χ2n) is 3.93. The molecule has 3 N–H and O–H groups in total. The second kappa shape index (κ2) is 5.27. The number of nitrogen functional groups attached to an aromatic ring is 1. The molecular weight excluding hydrogens is 264 g/mol. The first-order valence-corrected chi connectivity index (χ1v) is 6.62. The van der Waals surface area contributed by atoms with Gasteiger partial charge in [-0.15, -0.1) is 11.3 Å². The summed E-state index contributed by atoms with van der Waals surface area (Å²) in [5.74, 6) is -0.605. The Balaban J connectivity index is 2.55. The molecule has 1 aromatic heterocycles. The fourth-order valence-corrected chi connectivity index (χ4v) is 2.86. The van der Waals surface area contributed by atoms with Crippen LogP contribution in [0.15, 0.2) is 18.2 Å². The van der Waals surface area contributed by atoms with Crippen molar-refractivity contribution in [1.82, 2.24) is 0 Å². The van der Waals surface area contributed by atoms with E-state index in [2.05, 4.69) is 5.32 Å². The Hall–Kier alpha value is -2.08. The Morgan fingerprint density at radius 1 is 1.42 bits per heavy atom. The van der Waals surface area contributed by atoms with Gasteiger partial charge in [0.1, 0.15) is 4.88 Å². The highest BCUT2D eigenvalue weighted by Crippen LogP contribution is 2.38. The number of anilines is 2. The van der Waals surface area contributed by atoms with Crippen molar-refractivity contribution in [2.45, 2.75) is 13.8 Å². The third kappa shape index (κ3) is 2.53. The van der Waals surface area contributed by atoms with Crippen LogP contribution in [0, 0.1) is 0 Å². The van der Waals surface area contributed by atoms with Crippen LogP contribution in [-0.2, 0) is 9.53 Å². The number of esters is 1. The number of nitrogens with one attached hydrogen (secondary N) is 1. The monoisotopic (exact) mass is 278 g/mol. The van der Waals surface area contributed by atoms with Crippen LogP contribution < -0.4 is 11.1 Å². The molecule has 19 heavy (non-hydrogen) atoms. The van der Waals surface area contributed by atoms with Gasteiger partial charge < -0.3 is 15.8 Å². The van der Waals surface area contributed by atoms with Crippen molar-refractivity contribution < 1.29 is 14.3 Å². The van der Waals surface area contributed by atoms with Gasteiger partial charge in [-0.2, -0.15) is 0 Å². The number of benzene rings is 1. The zero-order valence-electron chi connectivity index (χ0n) is 10.6. The van der Waals surface area contributed by atoms with E-state index in [0.717, 1.165) is 10.1 Å². The summed E-state index contributed by atoms with van der Waals surface area (Å²) in [5.41, 5.74) is 7.01. The highest BCUT2D eigenvalue weighted by atomic mass is 32.1. The lowest BCUT2D eigenvalue weighted by molar-refractivity contribution is -0.114. The molecule has 0 unspecified atom stereocenters. The normalized spacial score (nSPS) is 10.4. The van der Waals surface area contributed by atoms with Gasteiger partial charge in [-0.25, -0.2) is 4.79 Å². The lowest BCUT2D eigenvalue weighted by Gasteiger charge is -2.02. The average Bonchev–Trinajstić information content (AvgIpc) is 2.68. The van der Waals surface area contributed by atoms with Crippen LogP contribution in [0.4, 0.5) is 11.4 Å². The predicted octanol–water partition coefficient (Wildman–Crippen LogP) is 2.62. The molecule has 0 bridgehead atoms. The van der Waals surface area contributed by atoms with E-state index in [0.29, 0.717) is 22.9 Å². The molecule has 0 aliphatic carbocycles. The molecule has 2 aromatic rings. The van der Waals surface area contributed by atoms with E-state index < -0.39 is 5.97 Å². The zero-order valence-corrected chi connectivity index (χ0v) is 11.5. The first-order valence-electron chi connectivity index (χ1n) is 5.80. The third-order valence-corrected chi connectivity index (χ3v) is 3.76. The van der Waals surface area contributed by atoms with Crippen molar-refractivity contribution in [3.63, 3.8) is 0 Å². The number of fused-ring (bicyclic) bond motifs is 1. The number of ether oxygens (including phenoxy) is 1. The van der Waals surface area contributed by atoms with Gasteiger partial charge in [0, 0.05) is 12.3 Å². The maximum atomic E-state index is 11.8. The van der Waals surface area contributed by atoms with Gasteiger partial charge in [0.2, 0.25) is 5.91 Å².